The third-order valence-corrected chi connectivity index (χ3v) is 2.80. The van der Waals surface area contributed by atoms with Gasteiger partial charge in [0, 0.05) is 5.92 Å². The lowest BCUT2D eigenvalue weighted by Gasteiger charge is -2.02. The van der Waals surface area contributed by atoms with Crippen molar-refractivity contribution in [1.29, 1.82) is 5.26 Å². The number of aromatic amines is 1. The summed E-state index contributed by atoms with van der Waals surface area (Å²) in [4.78, 5) is 7.13. The maximum absolute atomic E-state index is 8.66. The predicted molar refractivity (Wildman–Crippen MR) is 49.5 cm³/mol. The highest BCUT2D eigenvalue weighted by Gasteiger charge is 2.21. The van der Waals surface area contributed by atoms with E-state index in [0.717, 1.165) is 18.7 Å². The molecule has 0 radical (unpaired) electrons. The Labute approximate surface area is 81.7 Å². The summed E-state index contributed by atoms with van der Waals surface area (Å²) in [6.07, 6.45) is 4.83. The Morgan fingerprint density at radius 3 is 2.69 bits per heavy atom. The molecule has 3 nitrogen and oxygen atoms in total. The van der Waals surface area contributed by atoms with E-state index < -0.39 is 0 Å². The molecule has 4 heteroatoms. The fourth-order valence-electron chi connectivity index (χ4n) is 1.84. The molecule has 0 amide bonds. The predicted octanol–water partition coefficient (Wildman–Crippen LogP) is 2.59. The van der Waals surface area contributed by atoms with Gasteiger partial charge in [0.25, 0.3) is 0 Å². The number of hydrogen-bond donors (Lipinski definition) is 1. The zero-order valence-electron chi connectivity index (χ0n) is 7.18. The highest BCUT2D eigenvalue weighted by molar-refractivity contribution is 6.30. The van der Waals surface area contributed by atoms with E-state index in [1.165, 1.54) is 12.8 Å². The van der Waals surface area contributed by atoms with Gasteiger partial charge in [-0.1, -0.05) is 24.4 Å². The first-order valence-corrected chi connectivity index (χ1v) is 4.84. The normalized spacial score (nSPS) is 17.5. The van der Waals surface area contributed by atoms with Crippen LogP contribution in [0.2, 0.25) is 5.15 Å². The lowest BCUT2D eigenvalue weighted by atomic mass is 10.1. The van der Waals surface area contributed by atoms with E-state index in [0.29, 0.717) is 16.8 Å². The molecule has 2 rings (SSSR count). The molecule has 68 valence electrons. The molecule has 13 heavy (non-hydrogen) atoms. The van der Waals surface area contributed by atoms with Crippen LogP contribution >= 0.6 is 11.6 Å². The number of hydrogen-bond acceptors (Lipinski definition) is 2. The Bertz CT molecular complexity index is 344. The molecule has 0 saturated heterocycles. The zero-order chi connectivity index (χ0) is 9.26. The molecular weight excluding hydrogens is 186 g/mol. The third kappa shape index (κ3) is 1.54. The quantitative estimate of drug-likeness (QED) is 0.749. The third-order valence-electron chi connectivity index (χ3n) is 2.53. The summed E-state index contributed by atoms with van der Waals surface area (Å²) in [5.74, 6) is 1.37. The molecule has 0 spiro atoms. The number of aromatic nitrogens is 2. The highest BCUT2D eigenvalue weighted by Crippen LogP contribution is 2.33. The second kappa shape index (κ2) is 3.39. The average Bonchev–Trinajstić information content (AvgIpc) is 2.71. The van der Waals surface area contributed by atoms with Crippen molar-refractivity contribution in [3.05, 3.63) is 16.7 Å². The Hall–Kier alpha value is -1.01. The van der Waals surface area contributed by atoms with Crippen LogP contribution in [0.15, 0.2) is 0 Å². The number of imidazole rings is 1. The molecule has 0 bridgehead atoms. The smallest absolute Gasteiger partial charge is 0.177 e. The van der Waals surface area contributed by atoms with Crippen molar-refractivity contribution < 1.29 is 0 Å². The number of halogens is 1. The van der Waals surface area contributed by atoms with Crippen molar-refractivity contribution >= 4 is 11.6 Å². The number of rotatable bonds is 1. The van der Waals surface area contributed by atoms with E-state index in [1.807, 2.05) is 6.07 Å². The molecule has 0 unspecified atom stereocenters. The summed E-state index contributed by atoms with van der Waals surface area (Å²) < 4.78 is 0. The minimum atomic E-state index is 0.323. The van der Waals surface area contributed by atoms with E-state index in [9.17, 15) is 0 Å². The lowest BCUT2D eigenvalue weighted by Crippen LogP contribution is -1.94. The van der Waals surface area contributed by atoms with Crippen molar-refractivity contribution in [2.45, 2.75) is 31.6 Å². The van der Waals surface area contributed by atoms with Gasteiger partial charge >= 0.3 is 0 Å². The summed E-state index contributed by atoms with van der Waals surface area (Å²) >= 11 is 5.78. The summed E-state index contributed by atoms with van der Waals surface area (Å²) in [5, 5.41) is 9.04. The Kier molecular flexibility index (Phi) is 2.24. The molecule has 1 heterocycles. The van der Waals surface area contributed by atoms with Crippen LogP contribution in [0.25, 0.3) is 0 Å². The van der Waals surface area contributed by atoms with Crippen molar-refractivity contribution in [2.24, 2.45) is 0 Å². The molecular formula is C9H10ClN3. The summed E-state index contributed by atoms with van der Waals surface area (Å²) in [7, 11) is 0. The van der Waals surface area contributed by atoms with Crippen LogP contribution in [0.3, 0.4) is 0 Å². The Morgan fingerprint density at radius 1 is 1.46 bits per heavy atom. The van der Waals surface area contributed by atoms with Crippen molar-refractivity contribution in [3.8, 4) is 6.07 Å². The zero-order valence-corrected chi connectivity index (χ0v) is 7.93. The van der Waals surface area contributed by atoms with Crippen molar-refractivity contribution in [1.82, 2.24) is 9.97 Å². The lowest BCUT2D eigenvalue weighted by molar-refractivity contribution is 0.678. The number of nitriles is 1. The van der Waals surface area contributed by atoms with E-state index >= 15 is 0 Å². The van der Waals surface area contributed by atoms with Crippen molar-refractivity contribution in [2.75, 3.05) is 0 Å². The molecule has 0 aliphatic heterocycles. The highest BCUT2D eigenvalue weighted by atomic mass is 35.5. The van der Waals surface area contributed by atoms with Crippen LogP contribution in [0, 0.1) is 11.3 Å². The van der Waals surface area contributed by atoms with E-state index in [-0.39, 0.29) is 0 Å². The molecule has 1 aromatic heterocycles. The SMILES string of the molecule is N#Cc1nc(C2CCCC2)[nH]c1Cl. The first kappa shape index (κ1) is 8.58. The molecule has 1 aliphatic rings. The van der Waals surface area contributed by atoms with Crippen LogP contribution in [0.1, 0.15) is 43.1 Å². The average molecular weight is 196 g/mol. The van der Waals surface area contributed by atoms with Gasteiger partial charge in [0.05, 0.1) is 0 Å². The van der Waals surface area contributed by atoms with Crippen LogP contribution in [-0.4, -0.2) is 9.97 Å². The molecule has 1 aliphatic carbocycles. The van der Waals surface area contributed by atoms with Gasteiger partial charge in [-0.3, -0.25) is 0 Å². The largest absolute Gasteiger partial charge is 0.332 e. The number of nitrogens with zero attached hydrogens (tertiary/aromatic N) is 2. The maximum atomic E-state index is 8.66. The topological polar surface area (TPSA) is 52.5 Å². The number of nitrogens with one attached hydrogen (secondary N) is 1. The number of H-pyrrole nitrogens is 1. The summed E-state index contributed by atoms with van der Waals surface area (Å²) in [6.45, 7) is 0. The summed E-state index contributed by atoms with van der Waals surface area (Å²) in [5.41, 5.74) is 0.323. The van der Waals surface area contributed by atoms with Gasteiger partial charge in [0.2, 0.25) is 0 Å². The Balaban J connectivity index is 2.26. The first-order chi connectivity index (χ1) is 6.31. The van der Waals surface area contributed by atoms with Crippen LogP contribution < -0.4 is 0 Å². The summed E-state index contributed by atoms with van der Waals surface area (Å²) in [6, 6.07) is 1.96. The van der Waals surface area contributed by atoms with Gasteiger partial charge in [-0.2, -0.15) is 5.26 Å². The van der Waals surface area contributed by atoms with E-state index in [1.54, 1.807) is 0 Å². The minimum absolute atomic E-state index is 0.323. The molecule has 1 aromatic rings. The second-order valence-corrected chi connectivity index (χ2v) is 3.76. The van der Waals surface area contributed by atoms with Gasteiger partial charge in [-0.05, 0) is 12.8 Å². The van der Waals surface area contributed by atoms with E-state index in [2.05, 4.69) is 9.97 Å². The Morgan fingerprint density at radius 2 is 2.15 bits per heavy atom. The molecule has 1 N–H and O–H groups in total. The fraction of sp³-hybridized carbons (Fsp3) is 0.556. The molecule has 1 saturated carbocycles. The van der Waals surface area contributed by atoms with Gasteiger partial charge in [-0.15, -0.1) is 0 Å². The maximum Gasteiger partial charge on any atom is 0.177 e. The van der Waals surface area contributed by atoms with Gasteiger partial charge < -0.3 is 4.98 Å². The fourth-order valence-corrected chi connectivity index (χ4v) is 2.02. The van der Waals surface area contributed by atoms with Crippen LogP contribution in [0.4, 0.5) is 0 Å². The van der Waals surface area contributed by atoms with E-state index in [4.69, 9.17) is 16.9 Å². The molecule has 1 fully saturated rings. The second-order valence-electron chi connectivity index (χ2n) is 3.38. The standard InChI is InChI=1S/C9H10ClN3/c10-8-7(5-11)12-9(13-8)6-3-1-2-4-6/h6H,1-4H2,(H,12,13). The molecule has 0 aromatic carbocycles. The molecule has 0 atom stereocenters. The van der Waals surface area contributed by atoms with Gasteiger partial charge in [0.1, 0.15) is 17.0 Å². The van der Waals surface area contributed by atoms with Crippen molar-refractivity contribution in [3.63, 3.8) is 0 Å². The van der Waals surface area contributed by atoms with Crippen LogP contribution in [-0.2, 0) is 0 Å². The first-order valence-electron chi connectivity index (χ1n) is 4.46. The van der Waals surface area contributed by atoms with Gasteiger partial charge in [0.15, 0.2) is 5.69 Å². The monoisotopic (exact) mass is 195 g/mol. The van der Waals surface area contributed by atoms with Gasteiger partial charge in [-0.25, -0.2) is 4.98 Å². The minimum Gasteiger partial charge on any atom is -0.332 e. The van der Waals surface area contributed by atoms with Crippen LogP contribution in [0.5, 0.6) is 0 Å².